The van der Waals surface area contributed by atoms with E-state index in [9.17, 15) is 14.0 Å². The lowest BCUT2D eigenvalue weighted by Crippen LogP contribution is -2.57. The summed E-state index contributed by atoms with van der Waals surface area (Å²) in [5.74, 6) is 0.642. The van der Waals surface area contributed by atoms with Gasteiger partial charge in [0.05, 0.1) is 19.9 Å². The number of urea groups is 1. The maximum atomic E-state index is 13.5. The van der Waals surface area contributed by atoms with Gasteiger partial charge in [0.25, 0.3) is 5.91 Å². The van der Waals surface area contributed by atoms with Crippen molar-refractivity contribution < 1.29 is 23.5 Å². The standard InChI is InChI=1S/C23H24FN3O4/c1-30-19-11-14-7-9-26-10-8-23(13-18(26)17(14)12-20(19)31-2)21(28)27(22(29)25-23)16-5-3-15(24)4-6-16/h3-6,11-12,18H,7-10,13H2,1-2H3,(H,25,29)/t18-,23+/m1/s1. The van der Waals surface area contributed by atoms with E-state index in [0.717, 1.165) is 23.4 Å². The Morgan fingerprint density at radius 1 is 1.06 bits per heavy atom. The van der Waals surface area contributed by atoms with Crippen LogP contribution in [0, 0.1) is 5.82 Å². The number of imide groups is 1. The van der Waals surface area contributed by atoms with E-state index in [2.05, 4.69) is 10.2 Å². The predicted octanol–water partition coefficient (Wildman–Crippen LogP) is 3.03. The molecule has 0 aromatic heterocycles. The molecule has 3 heterocycles. The summed E-state index contributed by atoms with van der Waals surface area (Å²) in [7, 11) is 3.22. The molecule has 5 rings (SSSR count). The van der Waals surface area contributed by atoms with Gasteiger partial charge in [-0.1, -0.05) is 0 Å². The summed E-state index contributed by atoms with van der Waals surface area (Å²) in [6.45, 7) is 1.58. The van der Waals surface area contributed by atoms with Crippen LogP contribution in [-0.2, 0) is 11.2 Å². The molecule has 0 bridgehead atoms. The summed E-state index contributed by atoms with van der Waals surface area (Å²) in [6, 6.07) is 8.92. The fourth-order valence-corrected chi connectivity index (χ4v) is 5.11. The maximum Gasteiger partial charge on any atom is 0.329 e. The smallest absolute Gasteiger partial charge is 0.329 e. The van der Waals surface area contributed by atoms with E-state index in [4.69, 9.17) is 9.47 Å². The van der Waals surface area contributed by atoms with Crippen molar-refractivity contribution in [2.75, 3.05) is 32.2 Å². The summed E-state index contributed by atoms with van der Waals surface area (Å²) in [5, 5.41) is 2.96. The van der Waals surface area contributed by atoms with Crippen LogP contribution >= 0.6 is 0 Å². The first-order valence-corrected chi connectivity index (χ1v) is 10.4. The molecule has 162 valence electrons. The summed E-state index contributed by atoms with van der Waals surface area (Å²) >= 11 is 0. The molecule has 2 fully saturated rings. The van der Waals surface area contributed by atoms with E-state index in [1.54, 1.807) is 14.2 Å². The number of hydrogen-bond acceptors (Lipinski definition) is 5. The zero-order valence-corrected chi connectivity index (χ0v) is 17.5. The molecular weight excluding hydrogens is 401 g/mol. The van der Waals surface area contributed by atoms with Gasteiger partial charge in [0, 0.05) is 19.1 Å². The lowest BCUT2D eigenvalue weighted by atomic mass is 9.77. The molecule has 3 aliphatic heterocycles. The number of nitrogens with zero attached hydrogens (tertiary/aromatic N) is 2. The number of anilines is 1. The van der Waals surface area contributed by atoms with Crippen LogP contribution in [0.2, 0.25) is 0 Å². The van der Waals surface area contributed by atoms with Crippen molar-refractivity contribution in [1.82, 2.24) is 10.2 Å². The molecule has 2 aromatic carbocycles. The van der Waals surface area contributed by atoms with Crippen molar-refractivity contribution in [1.29, 1.82) is 0 Å². The number of nitrogens with one attached hydrogen (secondary N) is 1. The van der Waals surface area contributed by atoms with Crippen molar-refractivity contribution >= 4 is 17.6 Å². The molecule has 1 spiro atoms. The van der Waals surface area contributed by atoms with Gasteiger partial charge in [-0.05, 0) is 66.8 Å². The molecule has 0 aliphatic carbocycles. The molecule has 0 unspecified atom stereocenters. The van der Waals surface area contributed by atoms with Gasteiger partial charge in [-0.3, -0.25) is 9.69 Å². The Labute approximate surface area is 179 Å². The number of amides is 3. The van der Waals surface area contributed by atoms with E-state index in [1.807, 2.05) is 12.1 Å². The van der Waals surface area contributed by atoms with Crippen molar-refractivity contribution in [2.24, 2.45) is 0 Å². The van der Waals surface area contributed by atoms with Crippen LogP contribution in [0.1, 0.15) is 30.0 Å². The highest BCUT2D eigenvalue weighted by Gasteiger charge is 2.55. The van der Waals surface area contributed by atoms with E-state index in [1.165, 1.54) is 29.8 Å². The summed E-state index contributed by atoms with van der Waals surface area (Å²) in [6.07, 6.45) is 1.90. The fourth-order valence-electron chi connectivity index (χ4n) is 5.11. The van der Waals surface area contributed by atoms with Crippen LogP contribution in [0.25, 0.3) is 0 Å². The monoisotopic (exact) mass is 425 g/mol. The van der Waals surface area contributed by atoms with Crippen molar-refractivity contribution in [3.8, 4) is 11.5 Å². The van der Waals surface area contributed by atoms with Gasteiger partial charge in [-0.25, -0.2) is 14.1 Å². The third-order valence-electron chi connectivity index (χ3n) is 6.73. The van der Waals surface area contributed by atoms with Crippen molar-refractivity contribution in [3.63, 3.8) is 0 Å². The number of methoxy groups -OCH3 is 2. The van der Waals surface area contributed by atoms with Crippen molar-refractivity contribution in [3.05, 3.63) is 53.3 Å². The van der Waals surface area contributed by atoms with Crippen LogP contribution in [0.15, 0.2) is 36.4 Å². The van der Waals surface area contributed by atoms with Gasteiger partial charge >= 0.3 is 6.03 Å². The highest BCUT2D eigenvalue weighted by Crippen LogP contribution is 2.46. The Hall–Kier alpha value is -3.13. The topological polar surface area (TPSA) is 71.1 Å². The highest BCUT2D eigenvalue weighted by molar-refractivity contribution is 6.23. The molecule has 2 aromatic rings. The normalized spacial score (nSPS) is 25.3. The number of piperidine rings is 1. The zero-order valence-electron chi connectivity index (χ0n) is 17.5. The van der Waals surface area contributed by atoms with E-state index < -0.39 is 17.4 Å². The summed E-state index contributed by atoms with van der Waals surface area (Å²) in [5.41, 5.74) is 1.67. The lowest BCUT2D eigenvalue weighted by Gasteiger charge is -2.46. The second-order valence-corrected chi connectivity index (χ2v) is 8.29. The maximum absolute atomic E-state index is 13.5. The van der Waals surface area contributed by atoms with Crippen LogP contribution in [0.5, 0.6) is 11.5 Å². The Morgan fingerprint density at radius 3 is 2.48 bits per heavy atom. The SMILES string of the molecule is COc1cc2c(cc1OC)[C@H]1C[C@]3(CCN1CC2)NC(=O)N(c1ccc(F)cc1)C3=O. The quantitative estimate of drug-likeness (QED) is 0.766. The number of benzene rings is 2. The molecule has 3 amide bonds. The first kappa shape index (κ1) is 19.8. The van der Waals surface area contributed by atoms with E-state index >= 15 is 0 Å². The van der Waals surface area contributed by atoms with Gasteiger partial charge in [0.1, 0.15) is 11.4 Å². The number of hydrogen-bond donors (Lipinski definition) is 1. The molecular formula is C23H24FN3O4. The minimum atomic E-state index is -0.978. The minimum Gasteiger partial charge on any atom is -0.493 e. The highest BCUT2D eigenvalue weighted by atomic mass is 19.1. The van der Waals surface area contributed by atoms with Crippen LogP contribution in [0.4, 0.5) is 14.9 Å². The van der Waals surface area contributed by atoms with E-state index in [-0.39, 0.29) is 11.9 Å². The Kier molecular flexibility index (Phi) is 4.62. The number of fused-ring (bicyclic) bond motifs is 3. The molecule has 1 N–H and O–H groups in total. The first-order valence-electron chi connectivity index (χ1n) is 10.4. The number of rotatable bonds is 3. The van der Waals surface area contributed by atoms with Gasteiger partial charge in [0.15, 0.2) is 11.5 Å². The average molecular weight is 425 g/mol. The third kappa shape index (κ3) is 3.05. The lowest BCUT2D eigenvalue weighted by molar-refractivity contribution is -0.124. The molecule has 31 heavy (non-hydrogen) atoms. The number of carbonyl (C=O) groups is 2. The van der Waals surface area contributed by atoms with Gasteiger partial charge in [-0.15, -0.1) is 0 Å². The molecule has 0 saturated carbocycles. The molecule has 0 radical (unpaired) electrons. The summed E-state index contributed by atoms with van der Waals surface area (Å²) in [4.78, 5) is 29.7. The molecule has 3 aliphatic rings. The predicted molar refractivity (Wildman–Crippen MR) is 112 cm³/mol. The largest absolute Gasteiger partial charge is 0.493 e. The Morgan fingerprint density at radius 2 is 1.77 bits per heavy atom. The molecule has 7 nitrogen and oxygen atoms in total. The van der Waals surface area contributed by atoms with E-state index in [0.29, 0.717) is 36.6 Å². The fraction of sp³-hybridized carbons (Fsp3) is 0.391. The van der Waals surface area contributed by atoms with Crippen LogP contribution in [-0.4, -0.2) is 49.7 Å². The minimum absolute atomic E-state index is 0.0188. The van der Waals surface area contributed by atoms with Crippen LogP contribution < -0.4 is 19.7 Å². The Bertz CT molecular complexity index is 1060. The zero-order chi connectivity index (χ0) is 21.8. The second-order valence-electron chi connectivity index (χ2n) is 8.29. The first-order chi connectivity index (χ1) is 15.0. The Balaban J connectivity index is 1.49. The summed E-state index contributed by atoms with van der Waals surface area (Å²) < 4.78 is 24.3. The average Bonchev–Trinajstić information content (AvgIpc) is 3.02. The second kappa shape index (κ2) is 7.23. The van der Waals surface area contributed by atoms with Gasteiger partial charge in [0.2, 0.25) is 0 Å². The molecule has 2 saturated heterocycles. The molecule has 2 atom stereocenters. The number of ether oxygens (including phenoxy) is 2. The van der Waals surface area contributed by atoms with Gasteiger partial charge in [-0.2, -0.15) is 0 Å². The van der Waals surface area contributed by atoms with Crippen LogP contribution in [0.3, 0.4) is 0 Å². The van der Waals surface area contributed by atoms with Crippen molar-refractivity contribution in [2.45, 2.75) is 30.8 Å². The number of halogens is 1. The third-order valence-corrected chi connectivity index (χ3v) is 6.73. The number of carbonyl (C=O) groups excluding carboxylic acids is 2. The molecule has 8 heteroatoms. The van der Waals surface area contributed by atoms with Gasteiger partial charge < -0.3 is 14.8 Å².